The van der Waals surface area contributed by atoms with E-state index in [0.29, 0.717) is 47.6 Å². The van der Waals surface area contributed by atoms with E-state index in [1.165, 1.54) is 6.07 Å². The van der Waals surface area contributed by atoms with Crippen LogP contribution in [0.1, 0.15) is 33.3 Å². The molecule has 48 heavy (non-hydrogen) atoms. The molecule has 12 nitrogen and oxygen atoms in total. The Morgan fingerprint density at radius 1 is 0.979 bits per heavy atom. The van der Waals surface area contributed by atoms with E-state index < -0.39 is 23.4 Å². The van der Waals surface area contributed by atoms with Gasteiger partial charge in [-0.3, -0.25) is 14.6 Å². The number of benzene rings is 2. The van der Waals surface area contributed by atoms with Gasteiger partial charge in [-0.2, -0.15) is 0 Å². The SMILES string of the molecule is CCOC(=O)C1=C(Nc2ccccc2)S/C(=C\c2ccc(OCCN3CCN(CCOCCNC(=O)OC(C)(C)C)CC3)c(O)c2)C1=O. The van der Waals surface area contributed by atoms with Crippen molar-refractivity contribution < 1.29 is 38.4 Å². The third kappa shape index (κ3) is 11.6. The van der Waals surface area contributed by atoms with Crippen molar-refractivity contribution in [2.24, 2.45) is 0 Å². The number of hydrogen-bond acceptors (Lipinski definition) is 12. The predicted octanol–water partition coefficient (Wildman–Crippen LogP) is 4.47. The molecule has 0 aliphatic carbocycles. The number of carbonyl (C=O) groups excluding carboxylic acids is 3. The first-order valence-electron chi connectivity index (χ1n) is 16.1. The number of allylic oxidation sites excluding steroid dienone is 1. The van der Waals surface area contributed by atoms with Crippen LogP contribution in [0.2, 0.25) is 0 Å². The van der Waals surface area contributed by atoms with Crippen LogP contribution < -0.4 is 15.4 Å². The molecule has 2 aromatic rings. The molecule has 0 atom stereocenters. The molecule has 0 unspecified atom stereocenters. The topological polar surface area (TPSA) is 139 Å². The molecule has 2 aromatic carbocycles. The summed E-state index contributed by atoms with van der Waals surface area (Å²) in [4.78, 5) is 42.5. The number of aromatic hydroxyl groups is 1. The number of thioether (sulfide) groups is 1. The van der Waals surface area contributed by atoms with Crippen LogP contribution in [0.15, 0.2) is 64.0 Å². The fourth-order valence-corrected chi connectivity index (χ4v) is 5.97. The van der Waals surface area contributed by atoms with Crippen LogP contribution in [-0.2, 0) is 23.8 Å². The number of esters is 1. The number of ether oxygens (including phenoxy) is 4. The largest absolute Gasteiger partial charge is 0.504 e. The second kappa shape index (κ2) is 17.9. The summed E-state index contributed by atoms with van der Waals surface area (Å²) < 4.78 is 21.9. The maximum Gasteiger partial charge on any atom is 0.407 e. The minimum Gasteiger partial charge on any atom is -0.504 e. The van der Waals surface area contributed by atoms with Gasteiger partial charge < -0.3 is 34.7 Å². The molecule has 13 heteroatoms. The summed E-state index contributed by atoms with van der Waals surface area (Å²) in [7, 11) is 0. The Hall–Kier alpha value is -4.04. The number of ketones is 1. The highest BCUT2D eigenvalue weighted by atomic mass is 32.2. The number of anilines is 1. The lowest BCUT2D eigenvalue weighted by Crippen LogP contribution is -2.48. The molecule has 1 fully saturated rings. The van der Waals surface area contributed by atoms with Crippen LogP contribution in [0.4, 0.5) is 10.5 Å². The van der Waals surface area contributed by atoms with Crippen molar-refractivity contribution in [1.29, 1.82) is 0 Å². The van der Waals surface area contributed by atoms with Crippen LogP contribution in [0, 0.1) is 0 Å². The van der Waals surface area contributed by atoms with Gasteiger partial charge in [0.2, 0.25) is 5.78 Å². The maximum atomic E-state index is 13.2. The zero-order chi connectivity index (χ0) is 34.5. The van der Waals surface area contributed by atoms with E-state index in [0.717, 1.165) is 56.7 Å². The third-order valence-electron chi connectivity index (χ3n) is 7.28. The number of piperazine rings is 1. The molecule has 4 rings (SSSR count). The lowest BCUT2D eigenvalue weighted by molar-refractivity contribution is -0.139. The molecule has 2 aliphatic rings. The molecule has 0 spiro atoms. The first-order valence-corrected chi connectivity index (χ1v) is 17.0. The number of phenolic OH excluding ortho intramolecular Hbond substituents is 1. The van der Waals surface area contributed by atoms with Gasteiger partial charge in [-0.25, -0.2) is 9.59 Å². The summed E-state index contributed by atoms with van der Waals surface area (Å²) in [6.45, 7) is 14.3. The summed E-state index contributed by atoms with van der Waals surface area (Å²) in [6, 6.07) is 14.3. The maximum absolute atomic E-state index is 13.2. The fourth-order valence-electron chi connectivity index (χ4n) is 4.91. The van der Waals surface area contributed by atoms with Gasteiger partial charge in [-0.05, 0) is 63.6 Å². The van der Waals surface area contributed by atoms with E-state index in [1.54, 1.807) is 25.1 Å². The van der Waals surface area contributed by atoms with Crippen molar-refractivity contribution in [1.82, 2.24) is 15.1 Å². The second-order valence-corrected chi connectivity index (χ2v) is 13.2. The quantitative estimate of drug-likeness (QED) is 0.106. The van der Waals surface area contributed by atoms with Crippen molar-refractivity contribution in [3.8, 4) is 11.5 Å². The Morgan fingerprint density at radius 3 is 2.31 bits per heavy atom. The molecule has 0 saturated carbocycles. The molecule has 260 valence electrons. The Morgan fingerprint density at radius 2 is 1.67 bits per heavy atom. The van der Waals surface area contributed by atoms with Crippen molar-refractivity contribution >= 4 is 41.4 Å². The van der Waals surface area contributed by atoms with Gasteiger partial charge in [0, 0.05) is 51.5 Å². The number of rotatable bonds is 15. The minimum absolute atomic E-state index is 0.0351. The minimum atomic E-state index is -0.680. The third-order valence-corrected chi connectivity index (χ3v) is 8.31. The Bertz CT molecular complexity index is 1470. The standard InChI is InChI=1S/C35H46N4O8S/c1-5-45-33(42)30-31(41)29(48-32(30)37-26-9-7-6-8-10-26)24-25-11-12-28(27(40)23-25)46-22-19-39-16-14-38(15-17-39)18-21-44-20-13-36-34(43)47-35(2,3)4/h6-12,23-24,37,40H,5,13-22H2,1-4H3,(H,36,43)/b29-24-. The summed E-state index contributed by atoms with van der Waals surface area (Å²) in [6.07, 6.45) is 1.20. The van der Waals surface area contributed by atoms with Crippen LogP contribution >= 0.6 is 11.8 Å². The van der Waals surface area contributed by atoms with Gasteiger partial charge in [0.1, 0.15) is 17.8 Å². The summed E-state index contributed by atoms with van der Waals surface area (Å²) >= 11 is 1.15. The molecule has 1 saturated heterocycles. The molecule has 3 N–H and O–H groups in total. The lowest BCUT2D eigenvalue weighted by Gasteiger charge is -2.34. The number of nitrogens with zero attached hydrogens (tertiary/aromatic N) is 2. The van der Waals surface area contributed by atoms with Crippen LogP contribution in [0.25, 0.3) is 6.08 Å². The molecule has 0 bridgehead atoms. The van der Waals surface area contributed by atoms with Gasteiger partial charge in [-0.15, -0.1) is 0 Å². The zero-order valence-electron chi connectivity index (χ0n) is 28.1. The summed E-state index contributed by atoms with van der Waals surface area (Å²) in [5, 5.41) is 16.9. The van der Waals surface area contributed by atoms with Gasteiger partial charge >= 0.3 is 12.1 Å². The van der Waals surface area contributed by atoms with Crippen molar-refractivity contribution in [2.75, 3.05) is 77.6 Å². The van der Waals surface area contributed by atoms with E-state index in [4.69, 9.17) is 18.9 Å². The smallest absolute Gasteiger partial charge is 0.407 e. The molecule has 1 amide bonds. The van der Waals surface area contributed by atoms with E-state index in [-0.39, 0.29) is 17.9 Å². The van der Waals surface area contributed by atoms with Gasteiger partial charge in [0.15, 0.2) is 11.5 Å². The zero-order valence-corrected chi connectivity index (χ0v) is 28.9. The van der Waals surface area contributed by atoms with Gasteiger partial charge in [-0.1, -0.05) is 36.0 Å². The number of para-hydroxylation sites is 1. The monoisotopic (exact) mass is 682 g/mol. The first-order chi connectivity index (χ1) is 23.0. The number of alkyl carbamates (subject to hydrolysis) is 1. The Kier molecular flexibility index (Phi) is 13.7. The average molecular weight is 683 g/mol. The van der Waals surface area contributed by atoms with Crippen molar-refractivity contribution in [3.05, 3.63) is 69.6 Å². The predicted molar refractivity (Wildman–Crippen MR) is 186 cm³/mol. The first kappa shape index (κ1) is 36.8. The Balaban J connectivity index is 1.18. The number of phenols is 1. The molecular weight excluding hydrogens is 636 g/mol. The average Bonchev–Trinajstić information content (AvgIpc) is 3.34. The van der Waals surface area contributed by atoms with Gasteiger partial charge in [0.05, 0.1) is 29.8 Å². The highest BCUT2D eigenvalue weighted by Gasteiger charge is 2.35. The van der Waals surface area contributed by atoms with E-state index in [9.17, 15) is 19.5 Å². The van der Waals surface area contributed by atoms with E-state index >= 15 is 0 Å². The Labute approximate surface area is 286 Å². The van der Waals surface area contributed by atoms with Gasteiger partial charge in [0.25, 0.3) is 0 Å². The molecular formula is C35H46N4O8S. The second-order valence-electron chi connectivity index (χ2n) is 12.2. The molecule has 0 radical (unpaired) electrons. The van der Waals surface area contributed by atoms with E-state index in [1.807, 2.05) is 51.1 Å². The summed E-state index contributed by atoms with van der Waals surface area (Å²) in [5.41, 5.74) is 0.775. The number of nitrogens with one attached hydrogen (secondary N) is 2. The molecule has 2 heterocycles. The highest BCUT2D eigenvalue weighted by molar-refractivity contribution is 8.08. The van der Waals surface area contributed by atoms with Crippen molar-refractivity contribution in [3.63, 3.8) is 0 Å². The highest BCUT2D eigenvalue weighted by Crippen LogP contribution is 2.41. The fraction of sp³-hybridized carbons (Fsp3) is 0.457. The normalized spacial score (nSPS) is 16.7. The van der Waals surface area contributed by atoms with Crippen LogP contribution in [0.5, 0.6) is 11.5 Å². The van der Waals surface area contributed by atoms with E-state index in [2.05, 4.69) is 20.4 Å². The lowest BCUT2D eigenvalue weighted by atomic mass is 10.1. The molecule has 0 aromatic heterocycles. The number of hydrogen-bond donors (Lipinski definition) is 3. The summed E-state index contributed by atoms with van der Waals surface area (Å²) in [5.74, 6) is -0.791. The van der Waals surface area contributed by atoms with Crippen LogP contribution in [-0.4, -0.2) is 111 Å². The van der Waals surface area contributed by atoms with Crippen molar-refractivity contribution in [2.45, 2.75) is 33.3 Å². The number of carbonyl (C=O) groups is 3. The van der Waals surface area contributed by atoms with Crippen LogP contribution in [0.3, 0.4) is 0 Å². The molecule has 2 aliphatic heterocycles. The number of Topliss-reactive ketones (excluding diaryl/α,β-unsaturated/α-hetero) is 1. The number of amides is 1.